The van der Waals surface area contributed by atoms with Crippen molar-refractivity contribution in [1.29, 1.82) is 0 Å². The van der Waals surface area contributed by atoms with Gasteiger partial charge in [0.05, 0.1) is 39.0 Å². The molecule has 2 amide bonds. The molecule has 4 rings (SSSR count). The number of piperidine rings is 1. The summed E-state index contributed by atoms with van der Waals surface area (Å²) in [6.07, 6.45) is 2.21. The number of thiazole rings is 1. The van der Waals surface area contributed by atoms with Crippen LogP contribution in [0.1, 0.15) is 57.1 Å². The van der Waals surface area contributed by atoms with Gasteiger partial charge >= 0.3 is 0 Å². The number of methoxy groups -OCH3 is 4. The van der Waals surface area contributed by atoms with Crippen molar-refractivity contribution in [2.45, 2.75) is 38.1 Å². The van der Waals surface area contributed by atoms with Gasteiger partial charge in [-0.15, -0.1) is 11.3 Å². The Morgan fingerprint density at radius 2 is 1.65 bits per heavy atom. The molecule has 2 heterocycles. The first-order valence-electron chi connectivity index (χ1n) is 13.3. The number of benzene rings is 2. The average molecular weight is 568 g/mol. The van der Waals surface area contributed by atoms with Crippen LogP contribution >= 0.6 is 11.3 Å². The van der Waals surface area contributed by atoms with Crippen molar-refractivity contribution >= 4 is 23.2 Å². The maximum atomic E-state index is 13.4. The van der Waals surface area contributed by atoms with Gasteiger partial charge in [-0.2, -0.15) is 0 Å². The first-order valence-corrected chi connectivity index (χ1v) is 14.1. The van der Waals surface area contributed by atoms with Crippen molar-refractivity contribution in [3.05, 3.63) is 63.6 Å². The third-order valence-electron chi connectivity index (χ3n) is 7.50. The minimum atomic E-state index is -0.114. The SMILES string of the molecule is COc1ccccc1CC(C)N(C)C(=O)c1csc(C2CCN(C(=O)c3ccc(OC)c(OC)c3OC)CC2)n1. The summed E-state index contributed by atoms with van der Waals surface area (Å²) in [5.41, 5.74) is 1.96. The normalized spacial score (nSPS) is 14.4. The number of aromatic nitrogens is 1. The molecule has 1 fully saturated rings. The van der Waals surface area contributed by atoms with Gasteiger partial charge in [0, 0.05) is 37.5 Å². The Kier molecular flexibility index (Phi) is 9.52. The molecule has 9 nitrogen and oxygen atoms in total. The Hall–Kier alpha value is -3.79. The highest BCUT2D eigenvalue weighted by Crippen LogP contribution is 2.41. The molecule has 0 saturated carbocycles. The van der Waals surface area contributed by atoms with Gasteiger partial charge in [0.15, 0.2) is 11.5 Å². The molecule has 3 aromatic rings. The second kappa shape index (κ2) is 13.0. The number of carbonyl (C=O) groups excluding carboxylic acids is 2. The Labute approximate surface area is 239 Å². The number of para-hydroxylation sites is 1. The Morgan fingerprint density at radius 3 is 2.30 bits per heavy atom. The van der Waals surface area contributed by atoms with E-state index in [1.165, 1.54) is 25.6 Å². The summed E-state index contributed by atoms with van der Waals surface area (Å²) in [5.74, 6) is 2.06. The van der Waals surface area contributed by atoms with Gasteiger partial charge < -0.3 is 28.7 Å². The minimum Gasteiger partial charge on any atom is -0.496 e. The van der Waals surface area contributed by atoms with E-state index in [9.17, 15) is 9.59 Å². The maximum absolute atomic E-state index is 13.4. The predicted molar refractivity (Wildman–Crippen MR) is 154 cm³/mol. The first kappa shape index (κ1) is 29.2. The van der Waals surface area contributed by atoms with E-state index < -0.39 is 0 Å². The molecule has 1 saturated heterocycles. The number of hydrogen-bond donors (Lipinski definition) is 0. The Morgan fingerprint density at radius 1 is 0.975 bits per heavy atom. The fourth-order valence-corrected chi connectivity index (χ4v) is 6.02. The molecule has 1 aromatic heterocycles. The summed E-state index contributed by atoms with van der Waals surface area (Å²) >= 11 is 1.51. The van der Waals surface area contributed by atoms with Crippen molar-refractivity contribution in [3.63, 3.8) is 0 Å². The molecular weight excluding hydrogens is 530 g/mol. The van der Waals surface area contributed by atoms with E-state index in [0.717, 1.165) is 29.2 Å². The molecule has 1 atom stereocenters. The van der Waals surface area contributed by atoms with Crippen LogP contribution in [0, 0.1) is 0 Å². The number of ether oxygens (including phenoxy) is 4. The van der Waals surface area contributed by atoms with Gasteiger partial charge in [0.25, 0.3) is 11.8 Å². The fourth-order valence-electron chi connectivity index (χ4n) is 5.05. The highest BCUT2D eigenvalue weighted by atomic mass is 32.1. The summed E-state index contributed by atoms with van der Waals surface area (Å²) in [4.78, 5) is 34.9. The molecule has 10 heteroatoms. The van der Waals surface area contributed by atoms with Gasteiger partial charge in [-0.05, 0) is 49.9 Å². The molecule has 0 bridgehead atoms. The van der Waals surface area contributed by atoms with Gasteiger partial charge in [-0.1, -0.05) is 18.2 Å². The number of hydrogen-bond acceptors (Lipinski definition) is 8. The van der Waals surface area contributed by atoms with Crippen LogP contribution in [0.25, 0.3) is 0 Å². The van der Waals surface area contributed by atoms with Gasteiger partial charge in [-0.25, -0.2) is 4.98 Å². The molecule has 40 heavy (non-hydrogen) atoms. The number of rotatable bonds is 10. The summed E-state index contributed by atoms with van der Waals surface area (Å²) in [7, 11) is 8.04. The van der Waals surface area contributed by atoms with Gasteiger partial charge in [0.2, 0.25) is 5.75 Å². The average Bonchev–Trinajstić information content (AvgIpc) is 3.49. The molecule has 0 N–H and O–H groups in total. The summed E-state index contributed by atoms with van der Waals surface area (Å²) < 4.78 is 21.8. The van der Waals surface area contributed by atoms with E-state index in [-0.39, 0.29) is 23.8 Å². The largest absolute Gasteiger partial charge is 0.496 e. The van der Waals surface area contributed by atoms with E-state index in [1.54, 1.807) is 31.3 Å². The lowest BCUT2D eigenvalue weighted by molar-refractivity contribution is 0.0708. The van der Waals surface area contributed by atoms with Crippen molar-refractivity contribution in [2.24, 2.45) is 0 Å². The topological polar surface area (TPSA) is 90.4 Å². The van der Waals surface area contributed by atoms with E-state index >= 15 is 0 Å². The van der Waals surface area contributed by atoms with E-state index in [2.05, 4.69) is 0 Å². The molecule has 1 aliphatic rings. The second-order valence-electron chi connectivity index (χ2n) is 9.80. The number of likely N-dealkylation sites (N-methyl/N-ethyl adjacent to an activating group) is 1. The van der Waals surface area contributed by atoms with Crippen LogP contribution < -0.4 is 18.9 Å². The zero-order chi connectivity index (χ0) is 28.8. The van der Waals surface area contributed by atoms with Crippen LogP contribution in [-0.2, 0) is 6.42 Å². The van der Waals surface area contributed by atoms with Crippen LogP contribution in [0.3, 0.4) is 0 Å². The van der Waals surface area contributed by atoms with Crippen molar-refractivity contribution < 1.29 is 28.5 Å². The molecule has 2 aromatic carbocycles. The molecule has 1 unspecified atom stereocenters. The zero-order valence-electron chi connectivity index (χ0n) is 23.9. The number of carbonyl (C=O) groups is 2. The molecule has 214 valence electrons. The highest BCUT2D eigenvalue weighted by molar-refractivity contribution is 7.09. The lowest BCUT2D eigenvalue weighted by atomic mass is 9.96. The summed E-state index contributed by atoms with van der Waals surface area (Å²) in [6, 6.07) is 11.3. The summed E-state index contributed by atoms with van der Waals surface area (Å²) in [6.45, 7) is 3.19. The van der Waals surface area contributed by atoms with Crippen LogP contribution in [0.4, 0.5) is 0 Å². The smallest absolute Gasteiger partial charge is 0.273 e. The first-order chi connectivity index (χ1) is 19.3. The summed E-state index contributed by atoms with van der Waals surface area (Å²) in [5, 5.41) is 2.78. The minimum absolute atomic E-state index is 0.0308. The molecule has 1 aliphatic heterocycles. The number of amides is 2. The molecule has 0 aliphatic carbocycles. The predicted octanol–water partition coefficient (Wildman–Crippen LogP) is 4.90. The van der Waals surface area contributed by atoms with Gasteiger partial charge in [-0.3, -0.25) is 9.59 Å². The monoisotopic (exact) mass is 567 g/mol. The van der Waals surface area contributed by atoms with E-state index in [4.69, 9.17) is 23.9 Å². The maximum Gasteiger partial charge on any atom is 0.273 e. The number of nitrogens with zero attached hydrogens (tertiary/aromatic N) is 3. The van der Waals surface area contributed by atoms with Gasteiger partial charge in [0.1, 0.15) is 11.4 Å². The second-order valence-corrected chi connectivity index (χ2v) is 10.7. The van der Waals surface area contributed by atoms with Crippen molar-refractivity contribution in [1.82, 2.24) is 14.8 Å². The zero-order valence-corrected chi connectivity index (χ0v) is 24.7. The van der Waals surface area contributed by atoms with E-state index in [1.807, 2.05) is 48.5 Å². The standard InChI is InChI=1S/C30H37N3O6S/c1-19(17-21-9-7-8-10-24(21)36-3)32(2)30(35)23-18-40-28(31-23)20-13-15-33(16-14-20)29(34)22-11-12-25(37-4)27(39-6)26(22)38-5/h7-12,18-20H,13-17H2,1-6H3. The lowest BCUT2D eigenvalue weighted by Crippen LogP contribution is -2.38. The lowest BCUT2D eigenvalue weighted by Gasteiger charge is -2.31. The van der Waals surface area contributed by atoms with Crippen LogP contribution in [-0.4, -0.2) is 81.2 Å². The Balaban J connectivity index is 1.38. The third kappa shape index (κ3) is 6.01. The van der Waals surface area contributed by atoms with E-state index in [0.29, 0.717) is 48.0 Å². The highest BCUT2D eigenvalue weighted by Gasteiger charge is 2.30. The van der Waals surface area contributed by atoms with Crippen LogP contribution in [0.5, 0.6) is 23.0 Å². The Bertz CT molecular complexity index is 1330. The third-order valence-corrected chi connectivity index (χ3v) is 8.50. The fraction of sp³-hybridized carbons (Fsp3) is 0.433. The van der Waals surface area contributed by atoms with Crippen LogP contribution in [0.2, 0.25) is 0 Å². The number of likely N-dealkylation sites (tertiary alicyclic amines) is 1. The molecular formula is C30H37N3O6S. The quantitative estimate of drug-likeness (QED) is 0.344. The van der Waals surface area contributed by atoms with Crippen LogP contribution in [0.15, 0.2) is 41.8 Å². The molecule has 0 spiro atoms. The van der Waals surface area contributed by atoms with Crippen molar-refractivity contribution in [2.75, 3.05) is 48.6 Å². The molecule has 0 radical (unpaired) electrons. The van der Waals surface area contributed by atoms with Crippen molar-refractivity contribution in [3.8, 4) is 23.0 Å².